The van der Waals surface area contributed by atoms with Gasteiger partial charge in [0.1, 0.15) is 4.88 Å². The van der Waals surface area contributed by atoms with Crippen LogP contribution >= 0.6 is 22.7 Å². The van der Waals surface area contributed by atoms with Gasteiger partial charge in [-0.1, -0.05) is 12.1 Å². The maximum Gasteiger partial charge on any atom is 0.345 e. The van der Waals surface area contributed by atoms with Gasteiger partial charge in [-0.25, -0.2) is 4.79 Å². The molecule has 5 nitrogen and oxygen atoms in total. The van der Waals surface area contributed by atoms with E-state index in [9.17, 15) is 14.7 Å². The number of carboxylic acid groups (broad SMARTS) is 1. The van der Waals surface area contributed by atoms with Crippen LogP contribution in [0.1, 0.15) is 25.8 Å². The van der Waals surface area contributed by atoms with Crippen LogP contribution in [0, 0.1) is 0 Å². The molecule has 0 fully saturated rings. The minimum Gasteiger partial charge on any atom is -0.477 e. The first-order chi connectivity index (χ1) is 11.6. The summed E-state index contributed by atoms with van der Waals surface area (Å²) >= 11 is 2.65. The first-order valence-corrected chi connectivity index (χ1v) is 9.08. The quantitative estimate of drug-likeness (QED) is 0.587. The van der Waals surface area contributed by atoms with E-state index in [0.717, 1.165) is 26.9 Å². The van der Waals surface area contributed by atoms with Gasteiger partial charge in [-0.15, -0.1) is 22.7 Å². The number of aromatic carboxylic acids is 1. The lowest BCUT2D eigenvalue weighted by Gasteiger charge is -2.02. The molecule has 1 aromatic carbocycles. The summed E-state index contributed by atoms with van der Waals surface area (Å²) in [7, 11) is 0. The molecule has 24 heavy (non-hydrogen) atoms. The molecule has 0 unspecified atom stereocenters. The van der Waals surface area contributed by atoms with Gasteiger partial charge in [-0.2, -0.15) is 0 Å². The average Bonchev–Trinajstić information content (AvgIpc) is 3.21. The van der Waals surface area contributed by atoms with E-state index in [1.54, 1.807) is 12.1 Å². The van der Waals surface area contributed by atoms with Crippen molar-refractivity contribution in [3.63, 3.8) is 0 Å². The number of nitrogens with two attached hydrogens (primary N) is 1. The van der Waals surface area contributed by atoms with Crippen molar-refractivity contribution in [1.82, 2.24) is 5.32 Å². The van der Waals surface area contributed by atoms with E-state index >= 15 is 0 Å². The number of fused-ring (bicyclic) bond motifs is 1. The third kappa shape index (κ3) is 3.33. The Morgan fingerprint density at radius 2 is 1.96 bits per heavy atom. The fraction of sp³-hybridized carbons (Fsp3) is 0.176. The monoisotopic (exact) mass is 360 g/mol. The lowest BCUT2D eigenvalue weighted by atomic mass is 10.1. The number of hydrogen-bond acceptors (Lipinski definition) is 5. The second kappa shape index (κ2) is 7.12. The Kier molecular flexibility index (Phi) is 4.94. The molecule has 3 rings (SSSR count). The number of carboxylic acids is 1. The summed E-state index contributed by atoms with van der Waals surface area (Å²) in [6.45, 7) is 1.10. The van der Waals surface area contributed by atoms with Crippen LogP contribution in [0.2, 0.25) is 0 Å². The maximum atomic E-state index is 12.1. The second-order valence-corrected chi connectivity index (χ2v) is 7.36. The predicted molar refractivity (Wildman–Crippen MR) is 98.1 cm³/mol. The van der Waals surface area contributed by atoms with Crippen LogP contribution in [0.5, 0.6) is 0 Å². The van der Waals surface area contributed by atoms with Crippen molar-refractivity contribution in [1.29, 1.82) is 0 Å². The minimum atomic E-state index is -0.923. The Balaban J connectivity index is 1.91. The fourth-order valence-corrected chi connectivity index (χ4v) is 4.27. The Bertz CT molecular complexity index is 898. The van der Waals surface area contributed by atoms with E-state index < -0.39 is 5.97 Å². The summed E-state index contributed by atoms with van der Waals surface area (Å²) in [6.07, 6.45) is 0.746. The summed E-state index contributed by atoms with van der Waals surface area (Å²) in [5.41, 5.74) is 6.37. The molecule has 0 atom stereocenters. The zero-order chi connectivity index (χ0) is 17.1. The van der Waals surface area contributed by atoms with E-state index in [0.29, 0.717) is 22.8 Å². The fourth-order valence-electron chi connectivity index (χ4n) is 2.38. The van der Waals surface area contributed by atoms with Crippen molar-refractivity contribution >= 4 is 44.6 Å². The van der Waals surface area contributed by atoms with Gasteiger partial charge in [0.25, 0.3) is 5.91 Å². The van der Waals surface area contributed by atoms with Crippen LogP contribution in [0.4, 0.5) is 0 Å². The molecule has 0 spiro atoms. The van der Waals surface area contributed by atoms with Crippen LogP contribution in [0.15, 0.2) is 36.4 Å². The highest BCUT2D eigenvalue weighted by Gasteiger charge is 2.15. The number of rotatable bonds is 6. The van der Waals surface area contributed by atoms with E-state index in [2.05, 4.69) is 5.32 Å². The average molecular weight is 360 g/mol. The molecule has 2 heterocycles. The van der Waals surface area contributed by atoms with Crippen molar-refractivity contribution in [3.05, 3.63) is 46.2 Å². The molecule has 7 heteroatoms. The Morgan fingerprint density at radius 3 is 2.71 bits per heavy atom. The predicted octanol–water partition coefficient (Wildman–Crippen LogP) is 3.41. The van der Waals surface area contributed by atoms with Crippen LogP contribution in [0.3, 0.4) is 0 Å². The topological polar surface area (TPSA) is 92.4 Å². The molecular weight excluding hydrogens is 344 g/mol. The van der Waals surface area contributed by atoms with Crippen LogP contribution in [-0.2, 0) is 0 Å². The van der Waals surface area contributed by atoms with Crippen molar-refractivity contribution in [2.24, 2.45) is 5.73 Å². The summed E-state index contributed by atoms with van der Waals surface area (Å²) in [4.78, 5) is 25.2. The highest BCUT2D eigenvalue weighted by Crippen LogP contribution is 2.37. The van der Waals surface area contributed by atoms with Crippen molar-refractivity contribution in [2.45, 2.75) is 6.42 Å². The highest BCUT2D eigenvalue weighted by molar-refractivity contribution is 7.21. The molecular formula is C17H16N2O3S2. The molecule has 4 N–H and O–H groups in total. The van der Waals surface area contributed by atoms with E-state index in [4.69, 9.17) is 5.73 Å². The Labute approximate surface area is 146 Å². The molecule has 124 valence electrons. The Morgan fingerprint density at radius 1 is 1.12 bits per heavy atom. The van der Waals surface area contributed by atoms with E-state index in [1.165, 1.54) is 22.7 Å². The number of carbonyl (C=O) groups excluding carboxylic acids is 1. The normalized spacial score (nSPS) is 10.9. The number of thiophene rings is 2. The number of amides is 1. The molecule has 3 aromatic rings. The molecule has 2 aromatic heterocycles. The third-order valence-corrected chi connectivity index (χ3v) is 5.74. The van der Waals surface area contributed by atoms with Crippen molar-refractivity contribution < 1.29 is 14.7 Å². The number of nitrogens with one attached hydrogen (secondary N) is 1. The van der Waals surface area contributed by atoms with Gasteiger partial charge in [0, 0.05) is 27.1 Å². The number of benzene rings is 1. The molecule has 1 amide bonds. The molecule has 0 radical (unpaired) electrons. The standard InChI is InChI=1S/C17H16N2O3S2/c18-7-2-8-19-16(20)14-6-5-13(23-14)10-3-1-4-12-11(10)9-15(24-12)17(21)22/h1,3-6,9H,2,7-8,18H2,(H,19,20)(H,21,22). The second-order valence-electron chi connectivity index (χ2n) is 5.20. The van der Waals surface area contributed by atoms with Gasteiger partial charge in [0.05, 0.1) is 4.88 Å². The van der Waals surface area contributed by atoms with Crippen molar-refractivity contribution in [3.8, 4) is 10.4 Å². The van der Waals surface area contributed by atoms with Crippen molar-refractivity contribution in [2.75, 3.05) is 13.1 Å². The highest BCUT2D eigenvalue weighted by atomic mass is 32.1. The number of carbonyl (C=O) groups is 2. The van der Waals surface area contributed by atoms with E-state index in [-0.39, 0.29) is 5.91 Å². The smallest absolute Gasteiger partial charge is 0.345 e. The maximum absolute atomic E-state index is 12.1. The van der Waals surface area contributed by atoms with Gasteiger partial charge in [0.2, 0.25) is 0 Å². The zero-order valence-corrected chi connectivity index (χ0v) is 14.4. The lowest BCUT2D eigenvalue weighted by molar-refractivity contribution is 0.0702. The molecule has 0 aliphatic heterocycles. The third-order valence-electron chi connectivity index (χ3n) is 3.53. The van der Waals surface area contributed by atoms with Gasteiger partial charge in [-0.05, 0) is 37.2 Å². The van der Waals surface area contributed by atoms with Crippen LogP contribution < -0.4 is 11.1 Å². The van der Waals surface area contributed by atoms with Crippen LogP contribution in [-0.4, -0.2) is 30.1 Å². The van der Waals surface area contributed by atoms with Gasteiger partial charge in [-0.3, -0.25) is 4.79 Å². The molecule has 0 saturated heterocycles. The SMILES string of the molecule is NCCCNC(=O)c1ccc(-c2cccc3sc(C(=O)O)cc23)s1. The molecule has 0 aliphatic carbocycles. The largest absolute Gasteiger partial charge is 0.477 e. The summed E-state index contributed by atoms with van der Waals surface area (Å²) in [6, 6.07) is 11.1. The minimum absolute atomic E-state index is 0.108. The Hall–Kier alpha value is -2.22. The molecule has 0 bridgehead atoms. The lowest BCUT2D eigenvalue weighted by Crippen LogP contribution is -2.25. The van der Waals surface area contributed by atoms with E-state index in [1.807, 2.05) is 24.3 Å². The summed E-state index contributed by atoms with van der Waals surface area (Å²) in [5.74, 6) is -1.03. The molecule has 0 aliphatic rings. The van der Waals surface area contributed by atoms with Gasteiger partial charge >= 0.3 is 5.97 Å². The summed E-state index contributed by atoms with van der Waals surface area (Å²) < 4.78 is 0.923. The van der Waals surface area contributed by atoms with Gasteiger partial charge < -0.3 is 16.2 Å². The van der Waals surface area contributed by atoms with Crippen LogP contribution in [0.25, 0.3) is 20.5 Å². The molecule has 0 saturated carbocycles. The zero-order valence-electron chi connectivity index (χ0n) is 12.7. The first kappa shape index (κ1) is 16.6. The van der Waals surface area contributed by atoms with Gasteiger partial charge in [0.15, 0.2) is 0 Å². The number of hydrogen-bond donors (Lipinski definition) is 3. The summed E-state index contributed by atoms with van der Waals surface area (Å²) in [5, 5.41) is 12.9. The first-order valence-electron chi connectivity index (χ1n) is 7.44.